The number of alkyl halides is 1. The van der Waals surface area contributed by atoms with E-state index in [9.17, 15) is 9.59 Å². The molecule has 0 saturated carbocycles. The lowest BCUT2D eigenvalue weighted by Crippen LogP contribution is -2.41. The lowest BCUT2D eigenvalue weighted by atomic mass is 9.82. The summed E-state index contributed by atoms with van der Waals surface area (Å²) in [6.45, 7) is 5.55. The fourth-order valence-electron chi connectivity index (χ4n) is 6.08. The van der Waals surface area contributed by atoms with E-state index < -0.39 is 12.0 Å². The molecular formula is C34H39ClN2O6. The number of halogens is 1. The van der Waals surface area contributed by atoms with E-state index in [4.69, 9.17) is 30.5 Å². The Balaban J connectivity index is 1.53. The molecule has 0 radical (unpaired) electrons. The summed E-state index contributed by atoms with van der Waals surface area (Å²) in [6, 6.07) is 20.9. The number of anilines is 1. The molecule has 228 valence electrons. The molecule has 3 aromatic carbocycles. The van der Waals surface area contributed by atoms with Crippen LogP contribution in [0, 0.1) is 5.92 Å². The zero-order valence-electron chi connectivity index (χ0n) is 25.0. The van der Waals surface area contributed by atoms with E-state index in [1.54, 1.807) is 7.11 Å². The zero-order chi connectivity index (χ0) is 30.3. The molecule has 8 nitrogen and oxygen atoms in total. The summed E-state index contributed by atoms with van der Waals surface area (Å²) in [5, 5.41) is 0. The van der Waals surface area contributed by atoms with Gasteiger partial charge in [-0.15, -0.1) is 11.6 Å². The van der Waals surface area contributed by atoms with Crippen molar-refractivity contribution in [3.63, 3.8) is 0 Å². The van der Waals surface area contributed by atoms with Gasteiger partial charge in [-0.25, -0.2) is 0 Å². The number of carbonyl (C=O) groups excluding carboxylic acids is 2. The molecule has 0 bridgehead atoms. The average molecular weight is 607 g/mol. The van der Waals surface area contributed by atoms with Gasteiger partial charge >= 0.3 is 5.97 Å². The van der Waals surface area contributed by atoms with E-state index in [-0.39, 0.29) is 37.7 Å². The normalized spacial score (nSPS) is 19.3. The number of methoxy groups -OCH3 is 1. The van der Waals surface area contributed by atoms with E-state index in [1.807, 2.05) is 78.6 Å². The van der Waals surface area contributed by atoms with Crippen LogP contribution in [0.3, 0.4) is 0 Å². The Labute approximate surface area is 258 Å². The summed E-state index contributed by atoms with van der Waals surface area (Å²) >= 11 is 6.13. The van der Waals surface area contributed by atoms with Crippen molar-refractivity contribution < 1.29 is 28.5 Å². The third-order valence-corrected chi connectivity index (χ3v) is 8.50. The Kier molecular flexibility index (Phi) is 10.1. The number of esters is 1. The van der Waals surface area contributed by atoms with Crippen molar-refractivity contribution in [2.24, 2.45) is 5.92 Å². The van der Waals surface area contributed by atoms with Gasteiger partial charge in [0.1, 0.15) is 5.75 Å². The largest absolute Gasteiger partial charge is 0.497 e. The molecule has 3 unspecified atom stereocenters. The number of likely N-dealkylation sites (tertiary alicyclic amines) is 1. The summed E-state index contributed by atoms with van der Waals surface area (Å²) in [6.07, 6.45) is 1.82. The Hall–Kier alpha value is -3.75. The number of amides is 1. The van der Waals surface area contributed by atoms with E-state index >= 15 is 0 Å². The molecule has 9 heteroatoms. The molecule has 43 heavy (non-hydrogen) atoms. The van der Waals surface area contributed by atoms with Crippen molar-refractivity contribution >= 4 is 29.2 Å². The van der Waals surface area contributed by atoms with Crippen molar-refractivity contribution in [1.29, 1.82) is 0 Å². The number of fused-ring (bicyclic) bond motifs is 1. The molecule has 5 rings (SSSR count). The van der Waals surface area contributed by atoms with Crippen molar-refractivity contribution in [2.45, 2.75) is 44.5 Å². The third kappa shape index (κ3) is 6.76. The summed E-state index contributed by atoms with van der Waals surface area (Å²) in [5.41, 5.74) is 3.63. The first kappa shape index (κ1) is 30.7. The van der Waals surface area contributed by atoms with E-state index in [0.29, 0.717) is 36.2 Å². The van der Waals surface area contributed by atoms with Gasteiger partial charge in [0.05, 0.1) is 26.2 Å². The summed E-state index contributed by atoms with van der Waals surface area (Å²) in [5.74, 6) is 1.30. The van der Waals surface area contributed by atoms with Gasteiger partial charge in [-0.2, -0.15) is 0 Å². The highest BCUT2D eigenvalue weighted by molar-refractivity contribution is 6.17. The second kappa shape index (κ2) is 14.1. The monoisotopic (exact) mass is 606 g/mol. The molecule has 1 amide bonds. The molecule has 2 aliphatic rings. The number of hydrogen-bond donors (Lipinski definition) is 0. The topological polar surface area (TPSA) is 77.5 Å². The van der Waals surface area contributed by atoms with Crippen LogP contribution < -0.4 is 19.1 Å². The van der Waals surface area contributed by atoms with Crippen LogP contribution in [0.1, 0.15) is 55.3 Å². The van der Waals surface area contributed by atoms with Gasteiger partial charge in [-0.05, 0) is 66.4 Å². The Morgan fingerprint density at radius 1 is 1.00 bits per heavy atom. The molecule has 2 heterocycles. The van der Waals surface area contributed by atoms with Crippen molar-refractivity contribution in [2.75, 3.05) is 45.0 Å². The maximum atomic E-state index is 14.2. The molecule has 0 spiro atoms. The van der Waals surface area contributed by atoms with Crippen LogP contribution in [-0.2, 0) is 20.2 Å². The summed E-state index contributed by atoms with van der Waals surface area (Å²) < 4.78 is 22.3. The standard InChI is InChI=1S/C34H39ClN2O6/c1-4-6-16-37(26-9-7-8-23(17-26)19-35)31(38)21-36-20-28(25-12-15-29-30(18-25)43-22-42-29)32(34(39)41-5-2)33(36)24-10-13-27(40-3)14-11-24/h7-15,17-18,28,32-33H,4-6,16,19-22H2,1-3H3. The Morgan fingerprint density at radius 3 is 2.49 bits per heavy atom. The number of hydrogen-bond acceptors (Lipinski definition) is 7. The number of unbranched alkanes of at least 4 members (excludes halogenated alkanes) is 1. The minimum atomic E-state index is -0.551. The molecule has 1 fully saturated rings. The first-order valence-electron chi connectivity index (χ1n) is 14.9. The summed E-state index contributed by atoms with van der Waals surface area (Å²) in [4.78, 5) is 31.9. The number of rotatable bonds is 12. The van der Waals surface area contributed by atoms with Crippen molar-refractivity contribution in [1.82, 2.24) is 4.90 Å². The molecule has 3 atom stereocenters. The van der Waals surface area contributed by atoms with E-state index in [2.05, 4.69) is 11.8 Å². The van der Waals surface area contributed by atoms with Crippen LogP contribution in [0.2, 0.25) is 0 Å². The highest BCUT2D eigenvalue weighted by Gasteiger charge is 2.49. The number of nitrogens with zero attached hydrogens (tertiary/aromatic N) is 2. The predicted molar refractivity (Wildman–Crippen MR) is 166 cm³/mol. The van der Waals surface area contributed by atoms with Gasteiger partial charge < -0.3 is 23.8 Å². The van der Waals surface area contributed by atoms with Gasteiger partial charge in [0, 0.05) is 36.6 Å². The van der Waals surface area contributed by atoms with E-state index in [1.165, 1.54) is 0 Å². The van der Waals surface area contributed by atoms with Gasteiger partial charge in [-0.1, -0.05) is 43.7 Å². The van der Waals surface area contributed by atoms with Crippen LogP contribution in [0.4, 0.5) is 5.69 Å². The fourth-order valence-corrected chi connectivity index (χ4v) is 6.24. The zero-order valence-corrected chi connectivity index (χ0v) is 25.7. The van der Waals surface area contributed by atoms with Crippen molar-refractivity contribution in [3.8, 4) is 17.2 Å². The van der Waals surface area contributed by atoms with Gasteiger partial charge in [-0.3, -0.25) is 14.5 Å². The maximum absolute atomic E-state index is 14.2. The lowest BCUT2D eigenvalue weighted by Gasteiger charge is -2.30. The van der Waals surface area contributed by atoms with Crippen LogP contribution >= 0.6 is 11.6 Å². The first-order chi connectivity index (χ1) is 21.0. The van der Waals surface area contributed by atoms with Gasteiger partial charge in [0.2, 0.25) is 12.7 Å². The Morgan fingerprint density at radius 2 is 1.77 bits per heavy atom. The highest BCUT2D eigenvalue weighted by atomic mass is 35.5. The lowest BCUT2D eigenvalue weighted by molar-refractivity contribution is -0.149. The van der Waals surface area contributed by atoms with Gasteiger partial charge in [0.15, 0.2) is 11.5 Å². The Bertz CT molecular complexity index is 1410. The number of benzene rings is 3. The van der Waals surface area contributed by atoms with Crippen molar-refractivity contribution in [3.05, 3.63) is 83.4 Å². The molecule has 2 aliphatic heterocycles. The fraction of sp³-hybridized carbons (Fsp3) is 0.412. The average Bonchev–Trinajstić information content (AvgIpc) is 3.66. The second-order valence-corrected chi connectivity index (χ2v) is 11.1. The van der Waals surface area contributed by atoms with Crippen LogP contribution in [0.15, 0.2) is 66.7 Å². The van der Waals surface area contributed by atoms with Crippen LogP contribution in [0.5, 0.6) is 17.2 Å². The SMILES string of the molecule is CCCCN(C(=O)CN1CC(c2ccc3c(c2)OCO3)C(C(=O)OCC)C1c1ccc(OC)cc1)c1cccc(CCl)c1. The summed E-state index contributed by atoms with van der Waals surface area (Å²) in [7, 11) is 1.62. The number of ether oxygens (including phenoxy) is 4. The van der Waals surface area contributed by atoms with Crippen LogP contribution in [-0.4, -0.2) is 56.9 Å². The molecule has 0 N–H and O–H groups in total. The second-order valence-electron chi connectivity index (χ2n) is 10.8. The minimum Gasteiger partial charge on any atom is -0.497 e. The quantitative estimate of drug-likeness (QED) is 0.176. The maximum Gasteiger partial charge on any atom is 0.311 e. The minimum absolute atomic E-state index is 0.0346. The van der Waals surface area contributed by atoms with E-state index in [0.717, 1.165) is 35.2 Å². The first-order valence-corrected chi connectivity index (χ1v) is 15.4. The molecule has 1 saturated heterocycles. The highest BCUT2D eigenvalue weighted by Crippen LogP contribution is 2.48. The number of carbonyl (C=O) groups is 2. The van der Waals surface area contributed by atoms with Gasteiger partial charge in [0.25, 0.3) is 0 Å². The molecular weight excluding hydrogens is 568 g/mol. The van der Waals surface area contributed by atoms with Crippen LogP contribution in [0.25, 0.3) is 0 Å². The third-order valence-electron chi connectivity index (χ3n) is 8.19. The molecule has 3 aromatic rings. The predicted octanol–water partition coefficient (Wildman–Crippen LogP) is 6.32. The molecule has 0 aromatic heterocycles. The smallest absolute Gasteiger partial charge is 0.311 e. The molecule has 0 aliphatic carbocycles.